The zero-order valence-corrected chi connectivity index (χ0v) is 11.8. The zero-order chi connectivity index (χ0) is 13.8. The molecule has 0 aliphatic heterocycles. The zero-order valence-electron chi connectivity index (χ0n) is 11.0. The van der Waals surface area contributed by atoms with Crippen LogP contribution in [0, 0.1) is 0 Å². The maximum absolute atomic E-state index is 12.4. The van der Waals surface area contributed by atoms with Crippen molar-refractivity contribution in [2.75, 3.05) is 13.6 Å². The number of amidine groups is 1. The van der Waals surface area contributed by atoms with E-state index in [0.717, 1.165) is 19.3 Å². The molecule has 0 bridgehead atoms. The number of likely N-dealkylation sites (N-methyl/N-ethyl adjacent to an activating group) is 1. The molecule has 0 fully saturated rings. The van der Waals surface area contributed by atoms with Crippen LogP contribution in [0.5, 0.6) is 0 Å². The molecule has 5 nitrogen and oxygen atoms in total. The fourth-order valence-corrected chi connectivity index (χ4v) is 3.44. The Bertz CT molecular complexity index is 484. The Hall–Kier alpha value is -1.56. The van der Waals surface area contributed by atoms with E-state index in [2.05, 4.69) is 16.6 Å². The summed E-state index contributed by atoms with van der Waals surface area (Å²) < 4.78 is 0. The van der Waals surface area contributed by atoms with Crippen molar-refractivity contribution in [1.82, 2.24) is 4.90 Å². The van der Waals surface area contributed by atoms with Crippen LogP contribution in [0.25, 0.3) is 0 Å². The van der Waals surface area contributed by atoms with Crippen molar-refractivity contribution in [3.63, 3.8) is 0 Å². The number of hydrogen-bond acceptors (Lipinski definition) is 4. The van der Waals surface area contributed by atoms with Gasteiger partial charge < -0.3 is 15.8 Å². The Labute approximate surface area is 116 Å². The summed E-state index contributed by atoms with van der Waals surface area (Å²) in [5, 5.41) is 13.5. The van der Waals surface area contributed by atoms with Crippen molar-refractivity contribution in [3.05, 3.63) is 21.9 Å². The largest absolute Gasteiger partial charge is 0.409 e. The van der Waals surface area contributed by atoms with Gasteiger partial charge >= 0.3 is 0 Å². The lowest BCUT2D eigenvalue weighted by Gasteiger charge is -2.26. The molecule has 3 N–H and O–H groups in total. The van der Waals surface area contributed by atoms with Gasteiger partial charge in [-0.3, -0.25) is 4.79 Å². The first-order valence-corrected chi connectivity index (χ1v) is 7.29. The lowest BCUT2D eigenvalue weighted by atomic mass is 9.87. The Balaban J connectivity index is 2.01. The molecule has 1 atom stereocenters. The van der Waals surface area contributed by atoms with E-state index >= 15 is 0 Å². The van der Waals surface area contributed by atoms with Gasteiger partial charge in [0, 0.05) is 24.9 Å². The summed E-state index contributed by atoms with van der Waals surface area (Å²) in [4.78, 5) is 15.5. The van der Waals surface area contributed by atoms with Crippen molar-refractivity contribution in [3.8, 4) is 0 Å². The van der Waals surface area contributed by atoms with Crippen LogP contribution in [0.4, 0.5) is 0 Å². The highest BCUT2D eigenvalue weighted by atomic mass is 32.1. The summed E-state index contributed by atoms with van der Waals surface area (Å²) in [6, 6.07) is 2.07. The number of nitrogens with two attached hydrogens (primary N) is 1. The van der Waals surface area contributed by atoms with Crippen molar-refractivity contribution in [2.24, 2.45) is 10.9 Å². The van der Waals surface area contributed by atoms with E-state index < -0.39 is 0 Å². The van der Waals surface area contributed by atoms with Gasteiger partial charge in [0.1, 0.15) is 5.84 Å². The first-order chi connectivity index (χ1) is 9.13. The number of amides is 1. The molecule has 1 aromatic heterocycles. The maximum atomic E-state index is 12.4. The summed E-state index contributed by atoms with van der Waals surface area (Å²) in [7, 11) is 1.77. The molecule has 1 amide bonds. The number of rotatable bonds is 4. The molecule has 0 saturated carbocycles. The Morgan fingerprint density at radius 2 is 2.47 bits per heavy atom. The predicted octanol–water partition coefficient (Wildman–Crippen LogP) is 1.76. The highest BCUT2D eigenvalue weighted by Crippen LogP contribution is 2.35. The second-order valence-corrected chi connectivity index (χ2v) is 5.85. The van der Waals surface area contributed by atoms with Crippen molar-refractivity contribution in [2.45, 2.75) is 31.6 Å². The molecular weight excluding hydrogens is 262 g/mol. The van der Waals surface area contributed by atoms with Crippen LogP contribution in [0.1, 0.15) is 35.6 Å². The lowest BCUT2D eigenvalue weighted by Crippen LogP contribution is -2.35. The van der Waals surface area contributed by atoms with Gasteiger partial charge in [-0.25, -0.2) is 0 Å². The molecule has 1 aliphatic carbocycles. The molecule has 1 aromatic rings. The second kappa shape index (κ2) is 6.06. The van der Waals surface area contributed by atoms with Gasteiger partial charge in [-0.1, -0.05) is 5.16 Å². The molecule has 6 heteroatoms. The highest BCUT2D eigenvalue weighted by Gasteiger charge is 2.29. The lowest BCUT2D eigenvalue weighted by molar-refractivity contribution is -0.131. The van der Waals surface area contributed by atoms with E-state index in [0.29, 0.717) is 13.0 Å². The number of oxime groups is 1. The van der Waals surface area contributed by atoms with Crippen LogP contribution >= 0.6 is 11.3 Å². The monoisotopic (exact) mass is 281 g/mol. The van der Waals surface area contributed by atoms with E-state index in [1.165, 1.54) is 10.4 Å². The second-order valence-electron chi connectivity index (χ2n) is 4.85. The number of carbonyl (C=O) groups excluding carboxylic acids is 1. The van der Waals surface area contributed by atoms with E-state index in [1.54, 1.807) is 23.3 Å². The van der Waals surface area contributed by atoms with Gasteiger partial charge in [-0.2, -0.15) is 0 Å². The van der Waals surface area contributed by atoms with Gasteiger partial charge in [0.05, 0.1) is 5.92 Å². The fourth-order valence-electron chi connectivity index (χ4n) is 2.45. The van der Waals surface area contributed by atoms with Gasteiger partial charge in [-0.05, 0) is 36.3 Å². The fraction of sp³-hybridized carbons (Fsp3) is 0.538. The third-order valence-corrected chi connectivity index (χ3v) is 4.55. The molecule has 104 valence electrons. The quantitative estimate of drug-likeness (QED) is 0.382. The number of fused-ring (bicyclic) bond motifs is 1. The van der Waals surface area contributed by atoms with E-state index in [1.807, 2.05) is 0 Å². The van der Waals surface area contributed by atoms with Crippen LogP contribution in [-0.2, 0) is 11.2 Å². The molecule has 2 rings (SSSR count). The summed E-state index contributed by atoms with van der Waals surface area (Å²) in [5.74, 6) is 0.261. The number of nitrogens with zero attached hydrogens (tertiary/aromatic N) is 2. The maximum Gasteiger partial charge on any atom is 0.229 e. The summed E-state index contributed by atoms with van der Waals surface area (Å²) >= 11 is 1.74. The minimum Gasteiger partial charge on any atom is -0.409 e. The van der Waals surface area contributed by atoms with Crippen LogP contribution in [-0.4, -0.2) is 35.4 Å². The first-order valence-electron chi connectivity index (χ1n) is 6.41. The molecular formula is C13H19N3O2S. The van der Waals surface area contributed by atoms with Gasteiger partial charge in [0.25, 0.3) is 0 Å². The normalized spacial score (nSPS) is 19.0. The third kappa shape index (κ3) is 3.07. The van der Waals surface area contributed by atoms with Crippen LogP contribution in [0.3, 0.4) is 0 Å². The summed E-state index contributed by atoms with van der Waals surface area (Å²) in [6.45, 7) is 0.477. The Morgan fingerprint density at radius 3 is 3.21 bits per heavy atom. The minimum absolute atomic E-state index is 0.0210. The molecule has 0 spiro atoms. The number of thiophene rings is 1. The SMILES string of the molecule is CN(CC/C(N)=N/O)C(=O)C1CCCc2sccc21. The standard InChI is InChI=1S/C13H19N3O2S/c1-16(7-5-12(14)15-18)13(17)10-3-2-4-11-9(10)6-8-19-11/h6,8,10,18H,2-5,7H2,1H3,(H2,14,15). The summed E-state index contributed by atoms with van der Waals surface area (Å²) in [6.07, 6.45) is 3.46. The molecule has 0 radical (unpaired) electrons. The molecule has 0 saturated heterocycles. The predicted molar refractivity (Wildman–Crippen MR) is 75.7 cm³/mol. The third-order valence-electron chi connectivity index (χ3n) is 3.56. The summed E-state index contributed by atoms with van der Waals surface area (Å²) in [5.41, 5.74) is 6.62. The van der Waals surface area contributed by atoms with E-state index in [4.69, 9.17) is 10.9 Å². The number of aryl methyl sites for hydroxylation is 1. The van der Waals surface area contributed by atoms with E-state index in [-0.39, 0.29) is 17.7 Å². The molecule has 1 heterocycles. The van der Waals surface area contributed by atoms with Crippen LogP contribution in [0.2, 0.25) is 0 Å². The smallest absolute Gasteiger partial charge is 0.229 e. The number of hydrogen-bond donors (Lipinski definition) is 2. The van der Waals surface area contributed by atoms with Crippen molar-refractivity contribution < 1.29 is 10.0 Å². The van der Waals surface area contributed by atoms with Gasteiger partial charge in [0.15, 0.2) is 0 Å². The topological polar surface area (TPSA) is 78.9 Å². The molecule has 1 aliphatic rings. The van der Waals surface area contributed by atoms with E-state index in [9.17, 15) is 4.79 Å². The van der Waals surface area contributed by atoms with Crippen molar-refractivity contribution in [1.29, 1.82) is 0 Å². The first kappa shape index (κ1) is 13.9. The number of carbonyl (C=O) groups is 1. The van der Waals surface area contributed by atoms with Crippen LogP contribution in [0.15, 0.2) is 16.6 Å². The highest BCUT2D eigenvalue weighted by molar-refractivity contribution is 7.10. The molecule has 0 aromatic carbocycles. The Kier molecular flexibility index (Phi) is 4.42. The van der Waals surface area contributed by atoms with Crippen molar-refractivity contribution >= 4 is 23.1 Å². The van der Waals surface area contributed by atoms with Gasteiger partial charge in [0.2, 0.25) is 5.91 Å². The average Bonchev–Trinajstić information content (AvgIpc) is 2.91. The van der Waals surface area contributed by atoms with Crippen LogP contribution < -0.4 is 5.73 Å². The minimum atomic E-state index is -0.0210. The average molecular weight is 281 g/mol. The molecule has 1 unspecified atom stereocenters. The Morgan fingerprint density at radius 1 is 1.68 bits per heavy atom. The molecule has 19 heavy (non-hydrogen) atoms. The van der Waals surface area contributed by atoms with Gasteiger partial charge in [-0.15, -0.1) is 11.3 Å².